The molecule has 1 aromatic rings. The van der Waals surface area contributed by atoms with Crippen LogP contribution < -0.4 is 11.1 Å². The van der Waals surface area contributed by atoms with Gasteiger partial charge in [0.15, 0.2) is 5.82 Å². The van der Waals surface area contributed by atoms with Crippen molar-refractivity contribution in [3.05, 3.63) is 11.8 Å². The molecule has 1 aromatic heterocycles. The summed E-state index contributed by atoms with van der Waals surface area (Å²) in [6.45, 7) is 6.71. The van der Waals surface area contributed by atoms with Gasteiger partial charge in [0.2, 0.25) is 5.91 Å². The monoisotopic (exact) mass is 280 g/mol. The number of nitrogens with zero attached hydrogens (tertiary/aromatic N) is 2. The third-order valence-electron chi connectivity index (χ3n) is 3.95. The van der Waals surface area contributed by atoms with Crippen molar-refractivity contribution in [2.75, 3.05) is 25.0 Å². The lowest BCUT2D eigenvalue weighted by molar-refractivity contribution is -0.116. The highest BCUT2D eigenvalue weighted by atomic mass is 16.5. The van der Waals surface area contributed by atoms with E-state index in [9.17, 15) is 4.79 Å². The molecular weight excluding hydrogens is 256 g/mol. The standard InChI is InChI=1S/C14H24N4O2/c1-3-11-9-18(6-4-12(11)15)7-5-14(19)16-13-8-10(2)20-17-13/h8,11-12H,3-7,9,15H2,1-2H3,(H,16,17,19). The van der Waals surface area contributed by atoms with E-state index in [2.05, 4.69) is 22.3 Å². The Morgan fingerprint density at radius 2 is 2.45 bits per heavy atom. The first-order valence-electron chi connectivity index (χ1n) is 7.29. The van der Waals surface area contributed by atoms with E-state index < -0.39 is 0 Å². The zero-order valence-corrected chi connectivity index (χ0v) is 12.3. The molecule has 6 heteroatoms. The van der Waals surface area contributed by atoms with Gasteiger partial charge >= 0.3 is 0 Å². The van der Waals surface area contributed by atoms with E-state index in [1.54, 1.807) is 13.0 Å². The summed E-state index contributed by atoms with van der Waals surface area (Å²) in [6, 6.07) is 2.02. The molecule has 1 fully saturated rings. The maximum atomic E-state index is 11.8. The zero-order valence-electron chi connectivity index (χ0n) is 12.3. The van der Waals surface area contributed by atoms with Gasteiger partial charge in [-0.3, -0.25) is 4.79 Å². The molecule has 2 atom stereocenters. The van der Waals surface area contributed by atoms with Gasteiger partial charge in [-0.1, -0.05) is 18.5 Å². The number of hydrogen-bond donors (Lipinski definition) is 2. The van der Waals surface area contributed by atoms with Crippen molar-refractivity contribution in [2.45, 2.75) is 39.2 Å². The van der Waals surface area contributed by atoms with Crippen molar-refractivity contribution < 1.29 is 9.32 Å². The highest BCUT2D eigenvalue weighted by molar-refractivity contribution is 5.89. The molecule has 0 saturated carbocycles. The predicted octanol–water partition coefficient (Wildman–Crippen LogP) is 1.37. The molecule has 0 spiro atoms. The summed E-state index contributed by atoms with van der Waals surface area (Å²) in [4.78, 5) is 14.2. The fraction of sp³-hybridized carbons (Fsp3) is 0.714. The van der Waals surface area contributed by atoms with E-state index in [-0.39, 0.29) is 5.91 Å². The molecule has 2 unspecified atom stereocenters. The van der Waals surface area contributed by atoms with Crippen molar-refractivity contribution in [1.82, 2.24) is 10.1 Å². The van der Waals surface area contributed by atoms with Gasteiger partial charge in [-0.25, -0.2) is 0 Å². The summed E-state index contributed by atoms with van der Waals surface area (Å²) >= 11 is 0. The van der Waals surface area contributed by atoms with Crippen LogP contribution in [0.4, 0.5) is 5.82 Å². The Hall–Kier alpha value is -1.40. The number of aromatic nitrogens is 1. The number of carbonyl (C=O) groups is 1. The Labute approximate surface area is 119 Å². The Morgan fingerprint density at radius 1 is 1.65 bits per heavy atom. The van der Waals surface area contributed by atoms with Crippen molar-refractivity contribution >= 4 is 11.7 Å². The fourth-order valence-electron chi connectivity index (χ4n) is 2.65. The van der Waals surface area contributed by atoms with Crippen molar-refractivity contribution in [3.8, 4) is 0 Å². The topological polar surface area (TPSA) is 84.4 Å². The second-order valence-corrected chi connectivity index (χ2v) is 5.54. The number of amides is 1. The first kappa shape index (κ1) is 15.0. The number of rotatable bonds is 5. The molecular formula is C14H24N4O2. The number of piperidine rings is 1. The van der Waals surface area contributed by atoms with Crippen LogP contribution in [0.3, 0.4) is 0 Å². The van der Waals surface area contributed by atoms with Crippen molar-refractivity contribution in [2.24, 2.45) is 11.7 Å². The highest BCUT2D eigenvalue weighted by Crippen LogP contribution is 2.18. The van der Waals surface area contributed by atoms with Crippen LogP contribution in [0.1, 0.15) is 31.9 Å². The number of carbonyl (C=O) groups excluding carboxylic acids is 1. The average Bonchev–Trinajstić information content (AvgIpc) is 2.83. The van der Waals surface area contributed by atoms with Crippen molar-refractivity contribution in [3.63, 3.8) is 0 Å². The van der Waals surface area contributed by atoms with Crippen LogP contribution in [0.5, 0.6) is 0 Å². The summed E-state index contributed by atoms with van der Waals surface area (Å²) in [5.74, 6) is 1.70. The van der Waals surface area contributed by atoms with E-state index in [0.717, 1.165) is 32.5 Å². The molecule has 0 bridgehead atoms. The molecule has 6 nitrogen and oxygen atoms in total. The third kappa shape index (κ3) is 4.05. The van der Waals surface area contributed by atoms with Gasteiger partial charge in [-0.15, -0.1) is 0 Å². The fourth-order valence-corrected chi connectivity index (χ4v) is 2.65. The third-order valence-corrected chi connectivity index (χ3v) is 3.95. The van der Waals surface area contributed by atoms with Crippen LogP contribution in [-0.2, 0) is 4.79 Å². The van der Waals surface area contributed by atoms with Crippen LogP contribution in [0.2, 0.25) is 0 Å². The maximum absolute atomic E-state index is 11.8. The van der Waals surface area contributed by atoms with E-state index >= 15 is 0 Å². The van der Waals surface area contributed by atoms with E-state index in [4.69, 9.17) is 10.3 Å². The molecule has 20 heavy (non-hydrogen) atoms. The van der Waals surface area contributed by atoms with Crippen LogP contribution in [-0.4, -0.2) is 41.6 Å². The lowest BCUT2D eigenvalue weighted by Crippen LogP contribution is -2.47. The first-order valence-corrected chi connectivity index (χ1v) is 7.29. The minimum absolute atomic E-state index is 0.0266. The second kappa shape index (κ2) is 6.85. The molecule has 0 aliphatic carbocycles. The maximum Gasteiger partial charge on any atom is 0.226 e. The number of hydrogen-bond acceptors (Lipinski definition) is 5. The summed E-state index contributed by atoms with van der Waals surface area (Å²) in [5.41, 5.74) is 6.09. The Morgan fingerprint density at radius 3 is 3.10 bits per heavy atom. The normalized spacial score (nSPS) is 23.8. The molecule has 0 aromatic carbocycles. The first-order chi connectivity index (χ1) is 9.58. The summed E-state index contributed by atoms with van der Waals surface area (Å²) in [6.07, 6.45) is 2.59. The smallest absolute Gasteiger partial charge is 0.226 e. The molecule has 1 amide bonds. The molecule has 1 aliphatic heterocycles. The Balaban J connectivity index is 1.73. The van der Waals surface area contributed by atoms with Gasteiger partial charge in [0, 0.05) is 31.6 Å². The van der Waals surface area contributed by atoms with Gasteiger partial charge in [0.1, 0.15) is 5.76 Å². The number of nitrogens with one attached hydrogen (secondary N) is 1. The van der Waals surface area contributed by atoms with Crippen LogP contribution >= 0.6 is 0 Å². The van der Waals surface area contributed by atoms with E-state index in [1.165, 1.54) is 0 Å². The number of likely N-dealkylation sites (tertiary alicyclic amines) is 1. The molecule has 2 heterocycles. The lowest BCUT2D eigenvalue weighted by Gasteiger charge is -2.36. The summed E-state index contributed by atoms with van der Waals surface area (Å²) < 4.78 is 4.91. The zero-order chi connectivity index (χ0) is 14.5. The number of nitrogens with two attached hydrogens (primary N) is 1. The summed E-state index contributed by atoms with van der Waals surface area (Å²) in [7, 11) is 0. The van der Waals surface area contributed by atoms with Crippen LogP contribution in [0, 0.1) is 12.8 Å². The van der Waals surface area contributed by atoms with E-state index in [0.29, 0.717) is 30.0 Å². The van der Waals surface area contributed by atoms with Crippen LogP contribution in [0.25, 0.3) is 0 Å². The van der Waals surface area contributed by atoms with Gasteiger partial charge < -0.3 is 20.5 Å². The molecule has 0 radical (unpaired) electrons. The van der Waals surface area contributed by atoms with E-state index in [1.807, 2.05) is 0 Å². The SMILES string of the molecule is CCC1CN(CCC(=O)Nc2cc(C)on2)CCC1N. The largest absolute Gasteiger partial charge is 0.360 e. The highest BCUT2D eigenvalue weighted by Gasteiger charge is 2.25. The minimum atomic E-state index is -0.0266. The quantitative estimate of drug-likeness (QED) is 0.851. The molecule has 2 rings (SSSR count). The van der Waals surface area contributed by atoms with Gasteiger partial charge in [-0.05, 0) is 25.8 Å². The summed E-state index contributed by atoms with van der Waals surface area (Å²) in [5, 5.41) is 6.49. The molecule has 3 N–H and O–H groups in total. The van der Waals surface area contributed by atoms with Crippen molar-refractivity contribution in [1.29, 1.82) is 0 Å². The molecule has 1 saturated heterocycles. The van der Waals surface area contributed by atoms with Gasteiger partial charge in [-0.2, -0.15) is 0 Å². The average molecular weight is 280 g/mol. The predicted molar refractivity (Wildman–Crippen MR) is 77.3 cm³/mol. The number of aryl methyl sites for hydroxylation is 1. The second-order valence-electron chi connectivity index (χ2n) is 5.54. The Kier molecular flexibility index (Phi) is 5.14. The van der Waals surface area contributed by atoms with Crippen LogP contribution in [0.15, 0.2) is 10.6 Å². The number of anilines is 1. The molecule has 112 valence electrons. The minimum Gasteiger partial charge on any atom is -0.360 e. The van der Waals surface area contributed by atoms with Gasteiger partial charge in [0.25, 0.3) is 0 Å². The lowest BCUT2D eigenvalue weighted by atomic mass is 9.90. The Bertz CT molecular complexity index is 446. The van der Waals surface area contributed by atoms with Gasteiger partial charge in [0.05, 0.1) is 0 Å². The molecule has 1 aliphatic rings.